The average Bonchev–Trinajstić information content (AvgIpc) is 2.67. The van der Waals surface area contributed by atoms with Crippen molar-refractivity contribution < 1.29 is 4.79 Å². The van der Waals surface area contributed by atoms with Gasteiger partial charge in [0.25, 0.3) is 5.56 Å². The summed E-state index contributed by atoms with van der Waals surface area (Å²) in [6, 6.07) is 15.8. The molecule has 8 heteroatoms. The highest BCUT2D eigenvalue weighted by Crippen LogP contribution is 2.29. The summed E-state index contributed by atoms with van der Waals surface area (Å²) in [7, 11) is 1.68. The predicted octanol–water partition coefficient (Wildman–Crippen LogP) is 3.20. The fraction of sp³-hybridized carbons (Fsp3) is 0.150. The number of nitrogens with zero attached hydrogens (tertiary/aromatic N) is 2. The zero-order valence-corrected chi connectivity index (χ0v) is 17.3. The van der Waals surface area contributed by atoms with Gasteiger partial charge in [0.2, 0.25) is 5.91 Å². The van der Waals surface area contributed by atoms with Gasteiger partial charge in [-0.25, -0.2) is 4.79 Å². The van der Waals surface area contributed by atoms with Crippen LogP contribution in [-0.2, 0) is 11.3 Å². The molecular weight excluding hydrogens is 446 g/mol. The van der Waals surface area contributed by atoms with E-state index in [-0.39, 0.29) is 18.5 Å². The number of hydrogen-bond donors (Lipinski definition) is 1. The van der Waals surface area contributed by atoms with Crippen molar-refractivity contribution in [2.24, 2.45) is 0 Å². The van der Waals surface area contributed by atoms with Gasteiger partial charge in [0.15, 0.2) is 0 Å². The highest BCUT2D eigenvalue weighted by Gasteiger charge is 2.24. The number of carbonyl (C=O) groups excluding carboxylic acids is 1. The monoisotopic (exact) mass is 461 g/mol. The molecule has 0 bridgehead atoms. The molecule has 1 aromatic heterocycles. The van der Waals surface area contributed by atoms with E-state index in [1.165, 1.54) is 16.8 Å². The van der Waals surface area contributed by atoms with Gasteiger partial charge in [-0.2, -0.15) is 0 Å². The first kappa shape index (κ1) is 20.1. The molecule has 3 aromatic rings. The maximum absolute atomic E-state index is 12.9. The van der Waals surface area contributed by atoms with Gasteiger partial charge in [-0.15, -0.1) is 0 Å². The summed E-state index contributed by atoms with van der Waals surface area (Å²) in [5, 5.41) is 0.604. The number of halogens is 2. The number of H-pyrrole nitrogens is 1. The first-order chi connectivity index (χ1) is 13.3. The molecule has 2 aromatic carbocycles. The molecule has 1 N–H and O–H groups in total. The van der Waals surface area contributed by atoms with Gasteiger partial charge in [-0.1, -0.05) is 51.8 Å². The van der Waals surface area contributed by atoms with E-state index < -0.39 is 11.2 Å². The van der Waals surface area contributed by atoms with Crippen molar-refractivity contribution in [1.82, 2.24) is 14.5 Å². The van der Waals surface area contributed by atoms with Crippen molar-refractivity contribution in [2.45, 2.75) is 12.6 Å². The Balaban J connectivity index is 1.95. The van der Waals surface area contributed by atoms with Crippen LogP contribution in [0.15, 0.2) is 74.9 Å². The molecule has 6 nitrogen and oxygen atoms in total. The minimum Gasteiger partial charge on any atom is -0.333 e. The fourth-order valence-corrected chi connectivity index (χ4v) is 3.29. The maximum atomic E-state index is 12.9. The second kappa shape index (κ2) is 8.58. The van der Waals surface area contributed by atoms with Crippen molar-refractivity contribution in [3.8, 4) is 0 Å². The van der Waals surface area contributed by atoms with E-state index in [4.69, 9.17) is 11.6 Å². The Bertz CT molecular complexity index is 1050. The quantitative estimate of drug-likeness (QED) is 0.633. The van der Waals surface area contributed by atoms with Crippen molar-refractivity contribution in [1.29, 1.82) is 0 Å². The highest BCUT2D eigenvalue weighted by molar-refractivity contribution is 9.10. The van der Waals surface area contributed by atoms with Crippen LogP contribution in [0.4, 0.5) is 0 Å². The lowest BCUT2D eigenvalue weighted by Gasteiger charge is -2.29. The highest BCUT2D eigenvalue weighted by atomic mass is 79.9. The molecule has 0 aliphatic heterocycles. The minimum atomic E-state index is -0.624. The smallest absolute Gasteiger partial charge is 0.328 e. The summed E-state index contributed by atoms with van der Waals surface area (Å²) < 4.78 is 2.10. The molecule has 144 valence electrons. The first-order valence-electron chi connectivity index (χ1n) is 8.41. The van der Waals surface area contributed by atoms with Crippen LogP contribution >= 0.6 is 27.5 Å². The Hall–Kier alpha value is -2.64. The van der Waals surface area contributed by atoms with E-state index in [9.17, 15) is 14.4 Å². The predicted molar refractivity (Wildman–Crippen MR) is 112 cm³/mol. The molecule has 0 radical (unpaired) electrons. The molecular formula is C20H17BrClN3O3. The second-order valence-corrected chi connectivity index (χ2v) is 7.60. The molecule has 0 saturated heterocycles. The number of carbonyl (C=O) groups is 1. The van der Waals surface area contributed by atoms with Crippen molar-refractivity contribution in [3.05, 3.63) is 102 Å². The van der Waals surface area contributed by atoms with Crippen molar-refractivity contribution >= 4 is 33.4 Å². The number of nitrogens with one attached hydrogen (secondary N) is 1. The number of amides is 1. The van der Waals surface area contributed by atoms with Crippen LogP contribution in [0.2, 0.25) is 5.02 Å². The Labute approximate surface area is 174 Å². The van der Waals surface area contributed by atoms with Crippen molar-refractivity contribution in [2.75, 3.05) is 7.05 Å². The largest absolute Gasteiger partial charge is 0.333 e. The first-order valence-corrected chi connectivity index (χ1v) is 9.58. The lowest BCUT2D eigenvalue weighted by molar-refractivity contribution is -0.132. The van der Waals surface area contributed by atoms with Crippen LogP contribution in [0, 0.1) is 0 Å². The topological polar surface area (TPSA) is 75.2 Å². The fourth-order valence-electron chi connectivity index (χ4n) is 2.90. The van der Waals surface area contributed by atoms with E-state index in [0.29, 0.717) is 5.02 Å². The Morgan fingerprint density at radius 2 is 1.64 bits per heavy atom. The van der Waals surface area contributed by atoms with E-state index in [2.05, 4.69) is 20.9 Å². The van der Waals surface area contributed by atoms with Crippen molar-refractivity contribution in [3.63, 3.8) is 0 Å². The molecule has 0 spiro atoms. The van der Waals surface area contributed by atoms with Gasteiger partial charge in [-0.3, -0.25) is 19.1 Å². The third-order valence-electron chi connectivity index (χ3n) is 4.35. The third kappa shape index (κ3) is 4.61. The summed E-state index contributed by atoms with van der Waals surface area (Å²) >= 11 is 9.43. The Kier molecular flexibility index (Phi) is 6.16. The van der Waals surface area contributed by atoms with E-state index in [1.54, 1.807) is 24.1 Å². The number of aromatic nitrogens is 2. The van der Waals surface area contributed by atoms with Crippen LogP contribution in [0.25, 0.3) is 0 Å². The van der Waals surface area contributed by atoms with Crippen LogP contribution in [0.5, 0.6) is 0 Å². The second-order valence-electron chi connectivity index (χ2n) is 6.25. The van der Waals surface area contributed by atoms with Gasteiger partial charge in [0.05, 0.1) is 6.04 Å². The van der Waals surface area contributed by atoms with Gasteiger partial charge in [0, 0.05) is 28.8 Å². The standard InChI is InChI=1S/C20H17BrClN3O3/c1-24(18(27)12-25-11-10-17(26)23-20(25)28)19(13-2-6-15(21)7-3-13)14-4-8-16(22)9-5-14/h2-11,19H,12H2,1H3,(H,23,26,28). The number of aromatic amines is 1. The number of likely N-dealkylation sites (N-methyl/N-ethyl adjacent to an activating group) is 1. The molecule has 0 saturated carbocycles. The van der Waals surface area contributed by atoms with Gasteiger partial charge < -0.3 is 4.90 Å². The third-order valence-corrected chi connectivity index (χ3v) is 5.14. The number of rotatable bonds is 5. The van der Waals surface area contributed by atoms with Gasteiger partial charge >= 0.3 is 5.69 Å². The molecule has 1 heterocycles. The maximum Gasteiger partial charge on any atom is 0.328 e. The molecule has 1 amide bonds. The van der Waals surface area contributed by atoms with E-state index >= 15 is 0 Å². The summed E-state index contributed by atoms with van der Waals surface area (Å²) in [4.78, 5) is 39.7. The zero-order chi connectivity index (χ0) is 20.3. The number of hydrogen-bond acceptors (Lipinski definition) is 3. The van der Waals surface area contributed by atoms with Crippen LogP contribution < -0.4 is 11.2 Å². The molecule has 28 heavy (non-hydrogen) atoms. The summed E-state index contributed by atoms with van der Waals surface area (Å²) in [5.41, 5.74) is 0.670. The SMILES string of the molecule is CN(C(=O)Cn1ccc(=O)[nH]c1=O)C(c1ccc(Cl)cc1)c1ccc(Br)cc1. The average molecular weight is 463 g/mol. The molecule has 0 aliphatic rings. The lowest BCUT2D eigenvalue weighted by atomic mass is 9.97. The number of benzene rings is 2. The van der Waals surface area contributed by atoms with Crippen LogP contribution in [0.3, 0.4) is 0 Å². The Morgan fingerprint density at radius 1 is 1.07 bits per heavy atom. The lowest BCUT2D eigenvalue weighted by Crippen LogP contribution is -2.38. The summed E-state index contributed by atoms with van der Waals surface area (Å²) in [6.07, 6.45) is 1.31. The summed E-state index contributed by atoms with van der Waals surface area (Å²) in [5.74, 6) is -0.281. The molecule has 0 aliphatic carbocycles. The Morgan fingerprint density at radius 3 is 2.21 bits per heavy atom. The van der Waals surface area contributed by atoms with Gasteiger partial charge in [0.1, 0.15) is 6.54 Å². The zero-order valence-electron chi connectivity index (χ0n) is 14.9. The molecule has 3 rings (SSSR count). The van der Waals surface area contributed by atoms with E-state index in [1.807, 2.05) is 36.4 Å². The van der Waals surface area contributed by atoms with Gasteiger partial charge in [-0.05, 0) is 35.4 Å². The molecule has 1 unspecified atom stereocenters. The molecule has 1 atom stereocenters. The summed E-state index contributed by atoms with van der Waals surface area (Å²) in [6.45, 7) is -0.188. The van der Waals surface area contributed by atoms with Crippen LogP contribution in [-0.4, -0.2) is 27.4 Å². The van der Waals surface area contributed by atoms with Crippen LogP contribution in [0.1, 0.15) is 17.2 Å². The van der Waals surface area contributed by atoms with E-state index in [0.717, 1.165) is 15.6 Å². The molecule has 0 fully saturated rings. The minimum absolute atomic E-state index is 0.188. The normalized spacial score (nSPS) is 11.8.